The summed E-state index contributed by atoms with van der Waals surface area (Å²) in [7, 11) is 5.24. The van der Waals surface area contributed by atoms with Crippen LogP contribution in [0.3, 0.4) is 0 Å². The lowest BCUT2D eigenvalue weighted by atomic mass is 9.90. The van der Waals surface area contributed by atoms with Crippen LogP contribution in [0.25, 0.3) is 11.1 Å². The second-order valence-electron chi connectivity index (χ2n) is 5.81. The fraction of sp³-hybridized carbons (Fsp3) is 0.333. The van der Waals surface area contributed by atoms with E-state index in [9.17, 15) is 5.26 Å². The highest BCUT2D eigenvalue weighted by molar-refractivity contribution is 5.84. The van der Waals surface area contributed by atoms with Gasteiger partial charge in [-0.2, -0.15) is 5.26 Å². The van der Waals surface area contributed by atoms with Crippen LogP contribution in [0.5, 0.6) is 11.5 Å². The van der Waals surface area contributed by atoms with E-state index in [2.05, 4.69) is 23.0 Å². The molecule has 1 aromatic heterocycles. The van der Waals surface area contributed by atoms with Gasteiger partial charge in [-0.1, -0.05) is 12.1 Å². The zero-order valence-electron chi connectivity index (χ0n) is 14.1. The summed E-state index contributed by atoms with van der Waals surface area (Å²) in [5.74, 6) is 1.48. The number of ether oxygens (including phenoxy) is 2. The number of fused-ring (bicyclic) bond motifs is 1. The number of para-hydroxylation sites is 1. The van der Waals surface area contributed by atoms with Crippen molar-refractivity contribution in [1.29, 1.82) is 5.26 Å². The van der Waals surface area contributed by atoms with E-state index in [1.807, 2.05) is 18.2 Å². The van der Waals surface area contributed by atoms with Crippen molar-refractivity contribution in [3.05, 3.63) is 35.0 Å². The maximum atomic E-state index is 9.66. The standard InChI is InChI=1S/C18H20N4O2/c1-22-8-7-14-13(10-22)16(12(9-19)18(20)21-14)11-5-4-6-15(23-2)17(11)24-3/h4-6H,7-8,10H2,1-3H3,(H2,20,21). The Morgan fingerprint density at radius 1 is 1.29 bits per heavy atom. The number of nitrogens with two attached hydrogens (primary N) is 1. The molecule has 2 heterocycles. The number of aromatic nitrogens is 1. The number of nitrogen functional groups attached to an aromatic ring is 1. The first-order valence-electron chi connectivity index (χ1n) is 7.72. The van der Waals surface area contributed by atoms with E-state index in [0.717, 1.165) is 35.3 Å². The van der Waals surface area contributed by atoms with Crippen molar-refractivity contribution in [3.63, 3.8) is 0 Å². The van der Waals surface area contributed by atoms with Crippen LogP contribution in [0.1, 0.15) is 16.8 Å². The largest absolute Gasteiger partial charge is 0.493 e. The molecule has 124 valence electrons. The molecule has 0 spiro atoms. The lowest BCUT2D eigenvalue weighted by molar-refractivity contribution is 0.310. The topological polar surface area (TPSA) is 84.4 Å². The second-order valence-corrected chi connectivity index (χ2v) is 5.81. The van der Waals surface area contributed by atoms with Crippen LogP contribution >= 0.6 is 0 Å². The maximum absolute atomic E-state index is 9.66. The van der Waals surface area contributed by atoms with Gasteiger partial charge in [0.05, 0.1) is 14.2 Å². The van der Waals surface area contributed by atoms with Crippen LogP contribution in [0.15, 0.2) is 18.2 Å². The van der Waals surface area contributed by atoms with Crippen molar-refractivity contribution in [1.82, 2.24) is 9.88 Å². The molecule has 0 amide bonds. The van der Waals surface area contributed by atoms with Crippen molar-refractivity contribution in [2.45, 2.75) is 13.0 Å². The van der Waals surface area contributed by atoms with Gasteiger partial charge in [-0.25, -0.2) is 4.98 Å². The minimum absolute atomic E-state index is 0.265. The minimum Gasteiger partial charge on any atom is -0.493 e. The van der Waals surface area contributed by atoms with Crippen LogP contribution in [-0.4, -0.2) is 37.7 Å². The van der Waals surface area contributed by atoms with Crippen molar-refractivity contribution in [3.8, 4) is 28.7 Å². The van der Waals surface area contributed by atoms with Crippen LogP contribution in [0.2, 0.25) is 0 Å². The fourth-order valence-corrected chi connectivity index (χ4v) is 3.21. The quantitative estimate of drug-likeness (QED) is 0.932. The van der Waals surface area contributed by atoms with E-state index in [4.69, 9.17) is 15.2 Å². The predicted molar refractivity (Wildman–Crippen MR) is 91.9 cm³/mol. The molecule has 1 aliphatic heterocycles. The molecule has 0 fully saturated rings. The van der Waals surface area contributed by atoms with Crippen molar-refractivity contribution in [2.75, 3.05) is 33.5 Å². The highest BCUT2D eigenvalue weighted by Gasteiger charge is 2.26. The van der Waals surface area contributed by atoms with Crippen molar-refractivity contribution in [2.24, 2.45) is 0 Å². The molecule has 0 atom stereocenters. The van der Waals surface area contributed by atoms with Gasteiger partial charge in [0.2, 0.25) is 0 Å². The summed E-state index contributed by atoms with van der Waals surface area (Å²) in [6.45, 7) is 1.63. The number of rotatable bonds is 3. The molecule has 6 nitrogen and oxygen atoms in total. The highest BCUT2D eigenvalue weighted by atomic mass is 16.5. The normalized spacial score (nSPS) is 13.9. The van der Waals surface area contributed by atoms with Crippen LogP contribution in [-0.2, 0) is 13.0 Å². The van der Waals surface area contributed by atoms with E-state index in [1.54, 1.807) is 14.2 Å². The average Bonchev–Trinajstić information content (AvgIpc) is 2.60. The van der Waals surface area contributed by atoms with Crippen molar-refractivity contribution >= 4 is 5.82 Å². The Balaban J connectivity index is 2.36. The number of benzene rings is 1. The van der Waals surface area contributed by atoms with Gasteiger partial charge in [0, 0.05) is 36.3 Å². The number of hydrogen-bond donors (Lipinski definition) is 1. The van der Waals surface area contributed by atoms with Gasteiger partial charge in [0.25, 0.3) is 0 Å². The molecule has 0 unspecified atom stereocenters. The zero-order valence-corrected chi connectivity index (χ0v) is 14.1. The smallest absolute Gasteiger partial charge is 0.168 e. The molecule has 2 N–H and O–H groups in total. The summed E-state index contributed by atoms with van der Waals surface area (Å²) < 4.78 is 11.0. The summed E-state index contributed by atoms with van der Waals surface area (Å²) >= 11 is 0. The van der Waals surface area contributed by atoms with Gasteiger partial charge in [0.15, 0.2) is 11.5 Å². The molecule has 1 aromatic carbocycles. The molecule has 0 bridgehead atoms. The molecular formula is C18H20N4O2. The number of hydrogen-bond acceptors (Lipinski definition) is 6. The first-order valence-corrected chi connectivity index (χ1v) is 7.72. The summed E-state index contributed by atoms with van der Waals surface area (Å²) in [5, 5.41) is 9.66. The number of methoxy groups -OCH3 is 2. The molecule has 1 aliphatic rings. The second kappa shape index (κ2) is 6.38. The van der Waals surface area contributed by atoms with E-state index < -0.39 is 0 Å². The molecule has 24 heavy (non-hydrogen) atoms. The van der Waals surface area contributed by atoms with E-state index in [0.29, 0.717) is 23.6 Å². The fourth-order valence-electron chi connectivity index (χ4n) is 3.21. The van der Waals surface area contributed by atoms with Gasteiger partial charge in [0.1, 0.15) is 17.5 Å². The number of pyridine rings is 1. The molecule has 0 saturated carbocycles. The Bertz CT molecular complexity index is 827. The van der Waals surface area contributed by atoms with Gasteiger partial charge in [-0.15, -0.1) is 0 Å². The maximum Gasteiger partial charge on any atom is 0.168 e. The van der Waals surface area contributed by atoms with Gasteiger partial charge in [-0.3, -0.25) is 0 Å². The SMILES string of the molecule is COc1cccc(-c2c(C#N)c(N)nc3c2CN(C)CC3)c1OC. The minimum atomic E-state index is 0.265. The van der Waals surface area contributed by atoms with Crippen LogP contribution in [0.4, 0.5) is 5.82 Å². The van der Waals surface area contributed by atoms with Crippen LogP contribution in [0, 0.1) is 11.3 Å². The average molecular weight is 324 g/mol. The number of likely N-dealkylation sites (N-methyl/N-ethyl adjacent to an activating group) is 1. The highest BCUT2D eigenvalue weighted by Crippen LogP contribution is 2.43. The molecular weight excluding hydrogens is 304 g/mol. The predicted octanol–water partition coefficient (Wildman–Crippen LogP) is 2.21. The Morgan fingerprint density at radius 2 is 2.08 bits per heavy atom. The van der Waals surface area contributed by atoms with Gasteiger partial charge < -0.3 is 20.1 Å². The zero-order chi connectivity index (χ0) is 17.3. The van der Waals surface area contributed by atoms with Gasteiger partial charge >= 0.3 is 0 Å². The Labute approximate surface area is 141 Å². The Kier molecular flexibility index (Phi) is 4.28. The first-order chi connectivity index (χ1) is 11.6. The van der Waals surface area contributed by atoms with Crippen molar-refractivity contribution < 1.29 is 9.47 Å². The lowest BCUT2D eigenvalue weighted by Gasteiger charge is -2.28. The molecule has 0 saturated heterocycles. The van der Waals surface area contributed by atoms with Crippen LogP contribution < -0.4 is 15.2 Å². The third-order valence-corrected chi connectivity index (χ3v) is 4.35. The monoisotopic (exact) mass is 324 g/mol. The summed E-state index contributed by atoms with van der Waals surface area (Å²) in [5.41, 5.74) is 10.0. The summed E-state index contributed by atoms with van der Waals surface area (Å²) in [6.07, 6.45) is 0.807. The van der Waals surface area contributed by atoms with Gasteiger partial charge in [-0.05, 0) is 18.7 Å². The third kappa shape index (κ3) is 2.53. The Hall–Kier alpha value is -2.78. The molecule has 3 rings (SSSR count). The number of nitriles is 1. The molecule has 2 aromatic rings. The third-order valence-electron chi connectivity index (χ3n) is 4.35. The number of anilines is 1. The number of nitrogens with zero attached hydrogens (tertiary/aromatic N) is 3. The van der Waals surface area contributed by atoms with E-state index in [-0.39, 0.29) is 5.82 Å². The molecule has 6 heteroatoms. The van der Waals surface area contributed by atoms with E-state index in [1.165, 1.54) is 0 Å². The first kappa shape index (κ1) is 16.1. The summed E-state index contributed by atoms with van der Waals surface area (Å²) in [6, 6.07) is 7.85. The van der Waals surface area contributed by atoms with E-state index >= 15 is 0 Å². The molecule has 0 aliphatic carbocycles. The lowest BCUT2D eigenvalue weighted by Crippen LogP contribution is -2.28. The Morgan fingerprint density at radius 3 is 2.75 bits per heavy atom. The molecule has 0 radical (unpaired) electrons. The summed E-state index contributed by atoms with van der Waals surface area (Å²) in [4.78, 5) is 6.67.